The van der Waals surface area contributed by atoms with Crippen LogP contribution in [0, 0.1) is 0 Å². The summed E-state index contributed by atoms with van der Waals surface area (Å²) in [5.74, 6) is 0. The molecule has 0 nitrogen and oxygen atoms in total. The third kappa shape index (κ3) is 5.35. The summed E-state index contributed by atoms with van der Waals surface area (Å²) in [6, 6.07) is 27.2. The highest BCUT2D eigenvalue weighted by atomic mass is 14.2. The maximum absolute atomic E-state index is 2.27. The summed E-state index contributed by atoms with van der Waals surface area (Å²) in [5.41, 5.74) is 8.70. The van der Waals surface area contributed by atoms with Crippen LogP contribution in [0.5, 0.6) is 0 Å². The van der Waals surface area contributed by atoms with Crippen molar-refractivity contribution >= 4 is 0 Å². The molecule has 0 unspecified atom stereocenters. The summed E-state index contributed by atoms with van der Waals surface area (Å²) in [6.07, 6.45) is 1.98. The van der Waals surface area contributed by atoms with E-state index in [-0.39, 0.29) is 10.8 Å². The molecule has 3 rings (SSSR count). The highest BCUT2D eigenvalue weighted by Gasteiger charge is 2.13. The SMILES string of the molecule is CC(C)(C)c1ccc(Cc2ccc(Cc3ccc(C(C)(C)C)cc3)cc2)cc1. The Bertz CT molecular complexity index is 802. The van der Waals surface area contributed by atoms with Gasteiger partial charge in [0.1, 0.15) is 0 Å². The van der Waals surface area contributed by atoms with Gasteiger partial charge in [0.15, 0.2) is 0 Å². The molecule has 3 aromatic rings. The standard InChI is InChI=1S/C28H34/c1-27(2,3)25-15-11-23(12-16-25)19-21-7-9-22(10-8-21)20-24-13-17-26(18-14-24)28(4,5)6/h7-18H,19-20H2,1-6H3. The molecule has 0 aliphatic rings. The van der Waals surface area contributed by atoms with E-state index in [0.29, 0.717) is 0 Å². The summed E-state index contributed by atoms with van der Waals surface area (Å²) in [6.45, 7) is 13.6. The average molecular weight is 371 g/mol. The lowest BCUT2D eigenvalue weighted by Crippen LogP contribution is -2.10. The van der Waals surface area contributed by atoms with Crippen LogP contribution in [0.3, 0.4) is 0 Å². The van der Waals surface area contributed by atoms with Gasteiger partial charge >= 0.3 is 0 Å². The van der Waals surface area contributed by atoms with Crippen LogP contribution in [0.4, 0.5) is 0 Å². The number of hydrogen-bond acceptors (Lipinski definition) is 0. The van der Waals surface area contributed by atoms with Gasteiger partial charge in [0.25, 0.3) is 0 Å². The van der Waals surface area contributed by atoms with Crippen molar-refractivity contribution in [3.05, 3.63) is 106 Å². The molecule has 0 saturated heterocycles. The van der Waals surface area contributed by atoms with Crippen molar-refractivity contribution in [2.75, 3.05) is 0 Å². The molecule has 146 valence electrons. The van der Waals surface area contributed by atoms with E-state index >= 15 is 0 Å². The molecule has 0 amide bonds. The van der Waals surface area contributed by atoms with Gasteiger partial charge in [-0.05, 0) is 57.1 Å². The molecule has 0 aliphatic heterocycles. The minimum absolute atomic E-state index is 0.214. The van der Waals surface area contributed by atoms with Gasteiger partial charge in [-0.1, -0.05) is 114 Å². The van der Waals surface area contributed by atoms with Crippen LogP contribution >= 0.6 is 0 Å². The lowest BCUT2D eigenvalue weighted by atomic mass is 9.86. The van der Waals surface area contributed by atoms with E-state index in [1.165, 1.54) is 33.4 Å². The van der Waals surface area contributed by atoms with E-state index in [4.69, 9.17) is 0 Å². The lowest BCUT2D eigenvalue weighted by molar-refractivity contribution is 0.589. The van der Waals surface area contributed by atoms with Gasteiger partial charge in [-0.25, -0.2) is 0 Å². The highest BCUT2D eigenvalue weighted by Crippen LogP contribution is 2.24. The summed E-state index contributed by atoms with van der Waals surface area (Å²) in [7, 11) is 0. The first kappa shape index (κ1) is 20.4. The van der Waals surface area contributed by atoms with Crippen LogP contribution in [-0.2, 0) is 23.7 Å². The smallest absolute Gasteiger partial charge is 0.00258 e. The first-order valence-corrected chi connectivity index (χ1v) is 10.4. The Hall–Kier alpha value is -2.34. The highest BCUT2D eigenvalue weighted by molar-refractivity contribution is 5.35. The molecule has 0 heteroatoms. The van der Waals surface area contributed by atoms with E-state index in [1.807, 2.05) is 0 Å². The van der Waals surface area contributed by atoms with E-state index in [0.717, 1.165) is 12.8 Å². The molecule has 0 aromatic heterocycles. The molecule has 0 bridgehead atoms. The Morgan fingerprint density at radius 2 is 0.607 bits per heavy atom. The monoisotopic (exact) mass is 370 g/mol. The minimum atomic E-state index is 0.214. The molecule has 0 fully saturated rings. The molecular formula is C28H34. The zero-order chi connectivity index (χ0) is 20.4. The zero-order valence-corrected chi connectivity index (χ0v) is 18.3. The first-order valence-electron chi connectivity index (χ1n) is 10.4. The van der Waals surface area contributed by atoms with E-state index in [1.54, 1.807) is 0 Å². The minimum Gasteiger partial charge on any atom is -0.0584 e. The molecule has 0 aliphatic carbocycles. The van der Waals surface area contributed by atoms with Crippen LogP contribution < -0.4 is 0 Å². The predicted octanol–water partition coefficient (Wildman–Crippen LogP) is 7.46. The molecule has 0 atom stereocenters. The van der Waals surface area contributed by atoms with Crippen molar-refractivity contribution in [1.82, 2.24) is 0 Å². The largest absolute Gasteiger partial charge is 0.0584 e. The Morgan fingerprint density at radius 3 is 0.821 bits per heavy atom. The van der Waals surface area contributed by atoms with Gasteiger partial charge in [-0.3, -0.25) is 0 Å². The quantitative estimate of drug-likeness (QED) is 0.447. The van der Waals surface area contributed by atoms with Gasteiger partial charge in [0.05, 0.1) is 0 Å². The fraction of sp³-hybridized carbons (Fsp3) is 0.357. The predicted molar refractivity (Wildman–Crippen MR) is 122 cm³/mol. The molecule has 3 aromatic carbocycles. The maximum atomic E-state index is 2.27. The number of benzene rings is 3. The Balaban J connectivity index is 1.63. The molecule has 0 saturated carbocycles. The Morgan fingerprint density at radius 1 is 0.393 bits per heavy atom. The summed E-state index contributed by atoms with van der Waals surface area (Å²) in [5, 5.41) is 0. The third-order valence-electron chi connectivity index (χ3n) is 5.48. The average Bonchev–Trinajstić information content (AvgIpc) is 2.63. The van der Waals surface area contributed by atoms with Crippen LogP contribution in [0.15, 0.2) is 72.8 Å². The Labute approximate surface area is 171 Å². The second-order valence-electron chi connectivity index (χ2n) is 10.1. The van der Waals surface area contributed by atoms with E-state index < -0.39 is 0 Å². The van der Waals surface area contributed by atoms with Crippen LogP contribution in [-0.4, -0.2) is 0 Å². The van der Waals surface area contributed by atoms with E-state index in [9.17, 15) is 0 Å². The molecule has 0 heterocycles. The third-order valence-corrected chi connectivity index (χ3v) is 5.48. The maximum Gasteiger partial charge on any atom is -0.00258 e. The molecular weight excluding hydrogens is 336 g/mol. The van der Waals surface area contributed by atoms with E-state index in [2.05, 4.69) is 114 Å². The summed E-state index contributed by atoms with van der Waals surface area (Å²) >= 11 is 0. The van der Waals surface area contributed by atoms with Gasteiger partial charge in [-0.2, -0.15) is 0 Å². The number of rotatable bonds is 4. The topological polar surface area (TPSA) is 0 Å². The summed E-state index contributed by atoms with van der Waals surface area (Å²) in [4.78, 5) is 0. The van der Waals surface area contributed by atoms with Crippen molar-refractivity contribution < 1.29 is 0 Å². The fourth-order valence-electron chi connectivity index (χ4n) is 3.49. The van der Waals surface area contributed by atoms with Crippen molar-refractivity contribution in [1.29, 1.82) is 0 Å². The molecule has 0 spiro atoms. The number of hydrogen-bond donors (Lipinski definition) is 0. The van der Waals surface area contributed by atoms with Crippen LogP contribution in [0.1, 0.15) is 74.9 Å². The van der Waals surface area contributed by atoms with Crippen molar-refractivity contribution in [3.63, 3.8) is 0 Å². The first-order chi connectivity index (χ1) is 13.1. The van der Waals surface area contributed by atoms with Crippen molar-refractivity contribution in [2.24, 2.45) is 0 Å². The van der Waals surface area contributed by atoms with Gasteiger partial charge in [-0.15, -0.1) is 0 Å². The second-order valence-corrected chi connectivity index (χ2v) is 10.1. The van der Waals surface area contributed by atoms with Crippen LogP contribution in [0.2, 0.25) is 0 Å². The summed E-state index contributed by atoms with van der Waals surface area (Å²) < 4.78 is 0. The zero-order valence-electron chi connectivity index (χ0n) is 18.3. The molecule has 0 radical (unpaired) electrons. The Kier molecular flexibility index (Phi) is 5.79. The van der Waals surface area contributed by atoms with Gasteiger partial charge in [0, 0.05) is 0 Å². The van der Waals surface area contributed by atoms with Gasteiger partial charge in [0.2, 0.25) is 0 Å². The van der Waals surface area contributed by atoms with Crippen molar-refractivity contribution in [2.45, 2.75) is 65.2 Å². The fourth-order valence-corrected chi connectivity index (χ4v) is 3.49. The normalized spacial score (nSPS) is 12.2. The molecule has 28 heavy (non-hydrogen) atoms. The molecule has 0 N–H and O–H groups in total. The second kappa shape index (κ2) is 7.95. The van der Waals surface area contributed by atoms with Gasteiger partial charge < -0.3 is 0 Å². The van der Waals surface area contributed by atoms with Crippen LogP contribution in [0.25, 0.3) is 0 Å². The van der Waals surface area contributed by atoms with Crippen molar-refractivity contribution in [3.8, 4) is 0 Å². The lowest BCUT2D eigenvalue weighted by Gasteiger charge is -2.19.